The third-order valence-electron chi connectivity index (χ3n) is 6.84. The number of likely N-dealkylation sites (tertiary alicyclic amines) is 1. The Morgan fingerprint density at radius 1 is 1.23 bits per heavy atom. The molecule has 1 atom stereocenters. The molecule has 5 rings (SSSR count). The number of rotatable bonds is 4. The monoisotopic (exact) mass is 418 g/mol. The van der Waals surface area contributed by atoms with Crippen molar-refractivity contribution < 1.29 is 5.11 Å². The fraction of sp³-hybridized carbons (Fsp3) is 0.500. The molecule has 31 heavy (non-hydrogen) atoms. The number of aliphatic hydroxyl groups is 1. The molecular formula is C22H26N8O. The van der Waals surface area contributed by atoms with E-state index in [4.69, 9.17) is 5.26 Å². The van der Waals surface area contributed by atoms with Crippen molar-refractivity contribution in [1.82, 2.24) is 29.7 Å². The van der Waals surface area contributed by atoms with Gasteiger partial charge in [-0.3, -0.25) is 9.88 Å². The van der Waals surface area contributed by atoms with Gasteiger partial charge in [-0.25, -0.2) is 0 Å². The number of nitrogens with zero attached hydrogens (tertiary/aromatic N) is 8. The summed E-state index contributed by atoms with van der Waals surface area (Å²) in [4.78, 5) is 8.99. The number of aryl methyl sites for hydroxylation is 1. The molecule has 0 radical (unpaired) electrons. The largest absolute Gasteiger partial charge is 0.385 e. The SMILES string of the molecule is Cc1cc([C@H](O)CN2CCC3(CCN(c4ccc5nncn5n4)CC3)C2)ncc1C#N. The lowest BCUT2D eigenvalue weighted by Crippen LogP contribution is -2.42. The summed E-state index contributed by atoms with van der Waals surface area (Å²) in [6.45, 7) is 6.42. The minimum absolute atomic E-state index is 0.310. The first kappa shape index (κ1) is 19.8. The van der Waals surface area contributed by atoms with E-state index in [1.165, 1.54) is 0 Å². The Kier molecular flexibility index (Phi) is 5.04. The van der Waals surface area contributed by atoms with Crippen molar-refractivity contribution >= 4 is 11.5 Å². The third-order valence-corrected chi connectivity index (χ3v) is 6.84. The zero-order valence-electron chi connectivity index (χ0n) is 17.6. The third kappa shape index (κ3) is 3.84. The minimum atomic E-state index is -0.638. The van der Waals surface area contributed by atoms with Gasteiger partial charge in [0, 0.05) is 32.4 Å². The normalized spacial score (nSPS) is 19.7. The lowest BCUT2D eigenvalue weighted by molar-refractivity contribution is 0.111. The van der Waals surface area contributed by atoms with E-state index in [2.05, 4.69) is 36.1 Å². The van der Waals surface area contributed by atoms with Crippen LogP contribution in [0.3, 0.4) is 0 Å². The highest BCUT2D eigenvalue weighted by molar-refractivity contribution is 5.45. The minimum Gasteiger partial charge on any atom is -0.385 e. The molecule has 9 heteroatoms. The maximum atomic E-state index is 10.7. The fourth-order valence-electron chi connectivity index (χ4n) is 4.90. The highest BCUT2D eigenvalue weighted by Crippen LogP contribution is 2.41. The Hall–Kier alpha value is -3.09. The second kappa shape index (κ2) is 7.87. The van der Waals surface area contributed by atoms with Crippen LogP contribution in [0.2, 0.25) is 0 Å². The van der Waals surface area contributed by atoms with Crippen molar-refractivity contribution in [3.05, 3.63) is 47.5 Å². The van der Waals surface area contributed by atoms with Gasteiger partial charge in [0.2, 0.25) is 0 Å². The van der Waals surface area contributed by atoms with E-state index < -0.39 is 6.10 Å². The van der Waals surface area contributed by atoms with Crippen LogP contribution in [0, 0.1) is 23.7 Å². The summed E-state index contributed by atoms with van der Waals surface area (Å²) < 4.78 is 1.72. The van der Waals surface area contributed by atoms with Crippen LogP contribution in [0.5, 0.6) is 0 Å². The molecule has 0 aromatic carbocycles. The van der Waals surface area contributed by atoms with Gasteiger partial charge in [-0.15, -0.1) is 15.3 Å². The second-order valence-electron chi connectivity index (χ2n) is 8.85. The van der Waals surface area contributed by atoms with Gasteiger partial charge in [0.15, 0.2) is 5.65 Å². The molecule has 9 nitrogen and oxygen atoms in total. The number of nitriles is 1. The highest BCUT2D eigenvalue weighted by atomic mass is 16.3. The molecule has 3 aromatic heterocycles. The van der Waals surface area contributed by atoms with Gasteiger partial charge in [-0.2, -0.15) is 9.78 Å². The first-order chi connectivity index (χ1) is 15.0. The predicted octanol–water partition coefficient (Wildman–Crippen LogP) is 1.73. The summed E-state index contributed by atoms with van der Waals surface area (Å²) in [5.41, 5.74) is 3.12. The van der Waals surface area contributed by atoms with E-state index >= 15 is 0 Å². The van der Waals surface area contributed by atoms with Gasteiger partial charge in [-0.1, -0.05) is 0 Å². The first-order valence-corrected chi connectivity index (χ1v) is 10.7. The maximum Gasteiger partial charge on any atom is 0.177 e. The standard InChI is InChI=1S/C22H26N8O/c1-16-10-18(24-12-17(16)11-23)19(31)13-28-7-4-22(14-28)5-8-29(9-6-22)21-3-2-20-26-25-15-30(20)27-21/h2-3,10,12,15,19,31H,4-9,13-14H2,1H3/t19-/m1/s1. The maximum absolute atomic E-state index is 10.7. The summed E-state index contributed by atoms with van der Waals surface area (Å²) in [5.74, 6) is 0.967. The molecule has 1 N–H and O–H groups in total. The molecule has 3 aromatic rings. The molecule has 2 aliphatic heterocycles. The zero-order chi connectivity index (χ0) is 21.4. The van der Waals surface area contributed by atoms with Crippen LogP contribution < -0.4 is 4.90 Å². The molecule has 0 aliphatic carbocycles. The van der Waals surface area contributed by atoms with Gasteiger partial charge in [-0.05, 0) is 61.9 Å². The van der Waals surface area contributed by atoms with Gasteiger partial charge >= 0.3 is 0 Å². The Labute approximate surface area is 180 Å². The highest BCUT2D eigenvalue weighted by Gasteiger charge is 2.41. The average Bonchev–Trinajstić information content (AvgIpc) is 3.41. The molecular weight excluding hydrogens is 392 g/mol. The van der Waals surface area contributed by atoms with Crippen molar-refractivity contribution in [3.63, 3.8) is 0 Å². The van der Waals surface area contributed by atoms with Crippen molar-refractivity contribution in [2.75, 3.05) is 37.6 Å². The first-order valence-electron chi connectivity index (χ1n) is 10.7. The molecule has 2 saturated heterocycles. The number of piperidine rings is 1. The van der Waals surface area contributed by atoms with Gasteiger partial charge in [0.05, 0.1) is 11.3 Å². The molecule has 160 valence electrons. The van der Waals surface area contributed by atoms with Crippen molar-refractivity contribution in [2.45, 2.75) is 32.3 Å². The van der Waals surface area contributed by atoms with E-state index in [1.54, 1.807) is 17.0 Å². The smallest absolute Gasteiger partial charge is 0.177 e. The van der Waals surface area contributed by atoms with Crippen LogP contribution in [0.4, 0.5) is 5.82 Å². The van der Waals surface area contributed by atoms with Crippen molar-refractivity contribution in [3.8, 4) is 6.07 Å². The van der Waals surface area contributed by atoms with E-state index in [9.17, 15) is 5.11 Å². The summed E-state index contributed by atoms with van der Waals surface area (Å²) in [6, 6.07) is 7.93. The Balaban J connectivity index is 1.19. The molecule has 0 saturated carbocycles. The molecule has 5 heterocycles. The summed E-state index contributed by atoms with van der Waals surface area (Å²) in [7, 11) is 0. The summed E-state index contributed by atoms with van der Waals surface area (Å²) in [6.07, 6.45) is 5.95. The molecule has 1 spiro atoms. The lowest BCUT2D eigenvalue weighted by atomic mass is 9.78. The van der Waals surface area contributed by atoms with Crippen LogP contribution in [0.1, 0.15) is 42.2 Å². The number of aromatic nitrogens is 5. The topological polar surface area (TPSA) is 106 Å². The van der Waals surface area contributed by atoms with E-state index in [0.29, 0.717) is 23.2 Å². The van der Waals surface area contributed by atoms with Crippen LogP contribution in [0.15, 0.2) is 30.7 Å². The number of hydrogen-bond acceptors (Lipinski definition) is 8. The van der Waals surface area contributed by atoms with Gasteiger partial charge < -0.3 is 10.0 Å². The number of pyridine rings is 1. The molecule has 0 bridgehead atoms. The molecule has 0 amide bonds. The van der Waals surface area contributed by atoms with E-state index in [1.807, 2.05) is 25.1 Å². The molecule has 2 fully saturated rings. The summed E-state index contributed by atoms with van der Waals surface area (Å²) in [5, 5.41) is 32.3. The lowest BCUT2D eigenvalue weighted by Gasteiger charge is -2.40. The van der Waals surface area contributed by atoms with Crippen LogP contribution in [-0.4, -0.2) is 67.5 Å². The zero-order valence-corrected chi connectivity index (χ0v) is 17.6. The van der Waals surface area contributed by atoms with Gasteiger partial charge in [0.25, 0.3) is 0 Å². The average molecular weight is 419 g/mol. The fourth-order valence-corrected chi connectivity index (χ4v) is 4.90. The number of fused-ring (bicyclic) bond motifs is 1. The molecule has 0 unspecified atom stereocenters. The van der Waals surface area contributed by atoms with Gasteiger partial charge in [0.1, 0.15) is 24.3 Å². The number of aliphatic hydroxyl groups excluding tert-OH is 1. The van der Waals surface area contributed by atoms with E-state index in [-0.39, 0.29) is 0 Å². The van der Waals surface area contributed by atoms with Crippen LogP contribution in [0.25, 0.3) is 5.65 Å². The van der Waals surface area contributed by atoms with Crippen molar-refractivity contribution in [2.24, 2.45) is 5.41 Å². The van der Waals surface area contributed by atoms with Crippen LogP contribution in [-0.2, 0) is 0 Å². The Morgan fingerprint density at radius 3 is 2.81 bits per heavy atom. The number of hydrogen-bond donors (Lipinski definition) is 1. The Bertz CT molecular complexity index is 1130. The summed E-state index contributed by atoms with van der Waals surface area (Å²) >= 11 is 0. The number of anilines is 1. The second-order valence-corrected chi connectivity index (χ2v) is 8.85. The quantitative estimate of drug-likeness (QED) is 0.683. The van der Waals surface area contributed by atoms with E-state index in [0.717, 1.165) is 62.5 Å². The Morgan fingerprint density at radius 2 is 2.03 bits per heavy atom. The number of β-amino-alcohol motifs (C(OH)–C–C–N with tert-alkyl or cyclic N) is 1. The molecule has 2 aliphatic rings. The van der Waals surface area contributed by atoms with Crippen LogP contribution >= 0.6 is 0 Å². The van der Waals surface area contributed by atoms with Crippen molar-refractivity contribution in [1.29, 1.82) is 5.26 Å². The predicted molar refractivity (Wildman–Crippen MR) is 114 cm³/mol.